The van der Waals surface area contributed by atoms with Crippen molar-refractivity contribution in [2.24, 2.45) is 0 Å². The smallest absolute Gasteiger partial charge is 0.206 e. The summed E-state index contributed by atoms with van der Waals surface area (Å²) in [4.78, 5) is 0. The highest BCUT2D eigenvalue weighted by Crippen LogP contribution is 2.32. The van der Waals surface area contributed by atoms with Crippen LogP contribution in [0.5, 0.6) is 0 Å². The van der Waals surface area contributed by atoms with Crippen LogP contribution < -0.4 is 0 Å². The summed E-state index contributed by atoms with van der Waals surface area (Å²) in [5, 5.41) is 6.07. The summed E-state index contributed by atoms with van der Waals surface area (Å²) in [6, 6.07) is 5.62. The molecule has 3 heterocycles. The Bertz CT molecular complexity index is 609. The van der Waals surface area contributed by atoms with Crippen molar-refractivity contribution in [3.63, 3.8) is 0 Å². The lowest BCUT2D eigenvalue weighted by molar-refractivity contribution is 0.320. The molecule has 0 aromatic carbocycles. The number of sulfonamides is 1. The molecule has 0 spiro atoms. The van der Waals surface area contributed by atoms with Crippen LogP contribution in [-0.2, 0) is 10.0 Å². The van der Waals surface area contributed by atoms with Gasteiger partial charge in [-0.15, -0.1) is 11.3 Å². The van der Waals surface area contributed by atoms with Crippen molar-refractivity contribution >= 4 is 32.7 Å². The first kappa shape index (κ1) is 13.3. The number of hydrogen-bond acceptors (Lipinski definition) is 4. The van der Waals surface area contributed by atoms with Crippen molar-refractivity contribution in [1.82, 2.24) is 4.31 Å². The van der Waals surface area contributed by atoms with Gasteiger partial charge in [0.2, 0.25) is 0 Å². The Morgan fingerprint density at radius 1 is 1.16 bits per heavy atom. The molecule has 19 heavy (non-hydrogen) atoms. The van der Waals surface area contributed by atoms with Crippen molar-refractivity contribution in [2.45, 2.75) is 23.0 Å². The minimum atomic E-state index is -3.26. The molecule has 1 fully saturated rings. The lowest BCUT2D eigenvalue weighted by atomic mass is 9.92. The zero-order chi connectivity index (χ0) is 13.3. The summed E-state index contributed by atoms with van der Waals surface area (Å²) in [5.74, 6) is 0.515. The van der Waals surface area contributed by atoms with Crippen LogP contribution in [-0.4, -0.2) is 25.8 Å². The molecule has 3 rings (SSSR count). The first-order valence-corrected chi connectivity index (χ1v) is 9.50. The minimum absolute atomic E-state index is 0.460. The van der Waals surface area contributed by atoms with Crippen LogP contribution in [0.25, 0.3) is 0 Å². The van der Waals surface area contributed by atoms with E-state index in [0.29, 0.717) is 23.2 Å². The molecule has 0 aliphatic carbocycles. The molecule has 0 amide bonds. The second-order valence-corrected chi connectivity index (χ2v) is 8.56. The van der Waals surface area contributed by atoms with Crippen LogP contribution in [0.4, 0.5) is 0 Å². The van der Waals surface area contributed by atoms with Crippen molar-refractivity contribution in [3.05, 3.63) is 39.9 Å². The predicted molar refractivity (Wildman–Crippen MR) is 79.4 cm³/mol. The second kappa shape index (κ2) is 5.36. The summed E-state index contributed by atoms with van der Waals surface area (Å²) < 4.78 is 26.8. The van der Waals surface area contributed by atoms with E-state index in [-0.39, 0.29) is 0 Å². The van der Waals surface area contributed by atoms with Gasteiger partial charge in [-0.25, -0.2) is 8.42 Å². The quantitative estimate of drug-likeness (QED) is 0.871. The number of rotatable bonds is 3. The van der Waals surface area contributed by atoms with E-state index in [4.69, 9.17) is 0 Å². The molecule has 1 saturated heterocycles. The van der Waals surface area contributed by atoms with E-state index in [1.165, 1.54) is 16.9 Å². The number of hydrogen-bond donors (Lipinski definition) is 0. The summed E-state index contributed by atoms with van der Waals surface area (Å²) in [7, 11) is -3.26. The van der Waals surface area contributed by atoms with Gasteiger partial charge < -0.3 is 0 Å². The Labute approximate surface area is 121 Å². The van der Waals surface area contributed by atoms with Crippen LogP contribution in [0, 0.1) is 0 Å². The van der Waals surface area contributed by atoms with E-state index in [1.54, 1.807) is 27.8 Å². The normalized spacial score (nSPS) is 18.7. The van der Waals surface area contributed by atoms with Gasteiger partial charge in [0.15, 0.2) is 0 Å². The van der Waals surface area contributed by atoms with Gasteiger partial charge in [0, 0.05) is 13.1 Å². The molecule has 0 N–H and O–H groups in total. The Balaban J connectivity index is 1.71. The third-order valence-electron chi connectivity index (χ3n) is 3.56. The average molecular weight is 313 g/mol. The van der Waals surface area contributed by atoms with E-state index in [0.717, 1.165) is 12.8 Å². The number of nitrogens with zero attached hydrogens (tertiary/aromatic N) is 1. The molecule has 1 aliphatic rings. The van der Waals surface area contributed by atoms with E-state index in [2.05, 4.69) is 16.8 Å². The Morgan fingerprint density at radius 2 is 1.95 bits per heavy atom. The van der Waals surface area contributed by atoms with Crippen LogP contribution in [0.15, 0.2) is 38.5 Å². The first-order valence-electron chi connectivity index (χ1n) is 6.23. The third-order valence-corrected chi connectivity index (χ3v) is 7.53. The molecule has 0 bridgehead atoms. The van der Waals surface area contributed by atoms with Gasteiger partial charge in [0.1, 0.15) is 4.21 Å². The topological polar surface area (TPSA) is 37.4 Å². The van der Waals surface area contributed by atoms with Gasteiger partial charge >= 0.3 is 0 Å². The molecule has 1 aliphatic heterocycles. The molecule has 0 atom stereocenters. The molecule has 3 nitrogen and oxygen atoms in total. The van der Waals surface area contributed by atoms with Gasteiger partial charge in [0.25, 0.3) is 10.0 Å². The fourth-order valence-electron chi connectivity index (χ4n) is 2.47. The largest absolute Gasteiger partial charge is 0.252 e. The molecule has 6 heteroatoms. The molecule has 0 radical (unpaired) electrons. The average Bonchev–Trinajstić information content (AvgIpc) is 3.12. The van der Waals surface area contributed by atoms with Crippen molar-refractivity contribution in [3.8, 4) is 0 Å². The fraction of sp³-hybridized carbons (Fsp3) is 0.385. The van der Waals surface area contributed by atoms with Gasteiger partial charge in [0.05, 0.1) is 0 Å². The Morgan fingerprint density at radius 3 is 2.53 bits per heavy atom. The van der Waals surface area contributed by atoms with Gasteiger partial charge in [-0.2, -0.15) is 15.6 Å². The van der Waals surface area contributed by atoms with E-state index < -0.39 is 10.0 Å². The zero-order valence-corrected chi connectivity index (χ0v) is 12.8. The molecule has 0 unspecified atom stereocenters. The third kappa shape index (κ3) is 2.63. The predicted octanol–water partition coefficient (Wildman–Crippen LogP) is 3.38. The highest BCUT2D eigenvalue weighted by Gasteiger charge is 2.30. The Kier molecular flexibility index (Phi) is 3.75. The van der Waals surface area contributed by atoms with Gasteiger partial charge in [-0.1, -0.05) is 6.07 Å². The van der Waals surface area contributed by atoms with E-state index in [9.17, 15) is 8.42 Å². The highest BCUT2D eigenvalue weighted by atomic mass is 32.2. The Hall–Kier alpha value is -0.690. The van der Waals surface area contributed by atoms with Crippen LogP contribution in [0.2, 0.25) is 0 Å². The van der Waals surface area contributed by atoms with Crippen molar-refractivity contribution < 1.29 is 8.42 Å². The first-order chi connectivity index (χ1) is 9.18. The lowest BCUT2D eigenvalue weighted by Crippen LogP contribution is -2.37. The minimum Gasteiger partial charge on any atom is -0.206 e. The summed E-state index contributed by atoms with van der Waals surface area (Å²) in [6.45, 7) is 1.25. The maximum atomic E-state index is 12.4. The van der Waals surface area contributed by atoms with Gasteiger partial charge in [-0.05, 0) is 52.6 Å². The second-order valence-electron chi connectivity index (χ2n) is 4.67. The van der Waals surface area contributed by atoms with Crippen molar-refractivity contribution in [1.29, 1.82) is 0 Å². The fourth-order valence-corrected chi connectivity index (χ4v) is 5.83. The molecule has 2 aromatic rings. The van der Waals surface area contributed by atoms with E-state index >= 15 is 0 Å². The maximum Gasteiger partial charge on any atom is 0.252 e. The standard InChI is InChI=1S/C13H15NO2S3/c15-19(16,13-2-1-8-18-13)14-6-3-11(4-7-14)12-5-9-17-10-12/h1-2,5,8-11H,3-4,6-7H2. The molecular weight excluding hydrogens is 298 g/mol. The summed E-state index contributed by atoms with van der Waals surface area (Å²) in [6.07, 6.45) is 1.84. The highest BCUT2D eigenvalue weighted by molar-refractivity contribution is 7.91. The van der Waals surface area contributed by atoms with Crippen LogP contribution >= 0.6 is 22.7 Å². The molecule has 0 saturated carbocycles. The number of thiophene rings is 2. The molecule has 102 valence electrons. The summed E-state index contributed by atoms with van der Waals surface area (Å²) >= 11 is 3.00. The monoisotopic (exact) mass is 313 g/mol. The molecular formula is C13H15NO2S3. The van der Waals surface area contributed by atoms with Crippen molar-refractivity contribution in [2.75, 3.05) is 13.1 Å². The van der Waals surface area contributed by atoms with Crippen LogP contribution in [0.3, 0.4) is 0 Å². The van der Waals surface area contributed by atoms with Crippen LogP contribution in [0.1, 0.15) is 24.3 Å². The zero-order valence-electron chi connectivity index (χ0n) is 10.4. The SMILES string of the molecule is O=S(=O)(c1cccs1)N1CCC(c2ccsc2)CC1. The van der Waals surface area contributed by atoms with E-state index in [1.807, 2.05) is 5.38 Å². The maximum absolute atomic E-state index is 12.4. The van der Waals surface area contributed by atoms with Gasteiger partial charge in [-0.3, -0.25) is 0 Å². The molecule has 2 aromatic heterocycles. The lowest BCUT2D eigenvalue weighted by Gasteiger charge is -2.30. The number of piperidine rings is 1. The summed E-state index contributed by atoms with van der Waals surface area (Å²) in [5.41, 5.74) is 1.36.